The van der Waals surface area contributed by atoms with E-state index in [4.69, 9.17) is 0 Å². The van der Waals surface area contributed by atoms with E-state index in [1.165, 1.54) is 17.0 Å². The van der Waals surface area contributed by atoms with Crippen LogP contribution in [0.1, 0.15) is 62.1 Å². The van der Waals surface area contributed by atoms with Gasteiger partial charge >= 0.3 is 0 Å². The SMILES string of the molecule is CCCCN(CC(=O)N1CCc2sccc2C1c1ccc(F)cc1)C(=O)CC(C)C. The number of hydrogen-bond acceptors (Lipinski definition) is 3. The van der Waals surface area contributed by atoms with E-state index in [0.717, 1.165) is 30.4 Å². The van der Waals surface area contributed by atoms with E-state index in [1.54, 1.807) is 28.4 Å². The Morgan fingerprint density at radius 3 is 2.63 bits per heavy atom. The summed E-state index contributed by atoms with van der Waals surface area (Å²) in [5.74, 6) is -0.0391. The molecule has 0 spiro atoms. The van der Waals surface area contributed by atoms with E-state index in [0.29, 0.717) is 19.5 Å². The van der Waals surface area contributed by atoms with E-state index in [2.05, 4.69) is 18.4 Å². The molecule has 2 heterocycles. The molecule has 3 rings (SSSR count). The molecule has 1 aliphatic heterocycles. The molecule has 1 aromatic heterocycles. The molecule has 0 aliphatic carbocycles. The Hall–Kier alpha value is -2.21. The summed E-state index contributed by atoms with van der Waals surface area (Å²) in [6.45, 7) is 7.43. The molecule has 4 nitrogen and oxygen atoms in total. The van der Waals surface area contributed by atoms with Gasteiger partial charge < -0.3 is 9.80 Å². The number of carbonyl (C=O) groups is 2. The van der Waals surface area contributed by atoms with Gasteiger partial charge in [-0.3, -0.25) is 9.59 Å². The fourth-order valence-corrected chi connectivity index (χ4v) is 4.87. The van der Waals surface area contributed by atoms with Crippen LogP contribution >= 0.6 is 11.3 Å². The minimum Gasteiger partial charge on any atom is -0.333 e. The smallest absolute Gasteiger partial charge is 0.242 e. The zero-order valence-electron chi connectivity index (χ0n) is 18.1. The van der Waals surface area contributed by atoms with Crippen molar-refractivity contribution < 1.29 is 14.0 Å². The van der Waals surface area contributed by atoms with Crippen LogP contribution in [0.4, 0.5) is 4.39 Å². The topological polar surface area (TPSA) is 40.6 Å². The number of unbranched alkanes of at least 4 members (excludes halogenated alkanes) is 1. The maximum atomic E-state index is 13.5. The lowest BCUT2D eigenvalue weighted by Crippen LogP contribution is -2.47. The zero-order chi connectivity index (χ0) is 21.7. The minimum atomic E-state index is -0.289. The van der Waals surface area contributed by atoms with Crippen LogP contribution in [0.15, 0.2) is 35.7 Å². The first-order valence-electron chi connectivity index (χ1n) is 10.8. The zero-order valence-corrected chi connectivity index (χ0v) is 18.9. The van der Waals surface area contributed by atoms with Gasteiger partial charge in [0.1, 0.15) is 5.82 Å². The molecule has 30 heavy (non-hydrogen) atoms. The van der Waals surface area contributed by atoms with E-state index in [1.807, 2.05) is 18.7 Å². The van der Waals surface area contributed by atoms with Crippen LogP contribution in [0.3, 0.4) is 0 Å². The van der Waals surface area contributed by atoms with Gasteiger partial charge in [-0.25, -0.2) is 4.39 Å². The van der Waals surface area contributed by atoms with Gasteiger partial charge in [0, 0.05) is 24.4 Å². The third-order valence-electron chi connectivity index (χ3n) is 5.52. The average Bonchev–Trinajstić information content (AvgIpc) is 3.19. The number of hydrogen-bond donors (Lipinski definition) is 0. The molecule has 162 valence electrons. The third-order valence-corrected chi connectivity index (χ3v) is 6.51. The minimum absolute atomic E-state index is 0.0402. The molecule has 1 unspecified atom stereocenters. The van der Waals surface area contributed by atoms with Crippen molar-refractivity contribution in [3.05, 3.63) is 57.5 Å². The van der Waals surface area contributed by atoms with Crippen LogP contribution in [-0.4, -0.2) is 41.2 Å². The van der Waals surface area contributed by atoms with Crippen LogP contribution in [0.5, 0.6) is 0 Å². The largest absolute Gasteiger partial charge is 0.333 e. The first-order valence-corrected chi connectivity index (χ1v) is 11.7. The predicted octanol–water partition coefficient (Wildman–Crippen LogP) is 5.04. The Kier molecular flexibility index (Phi) is 7.64. The molecular formula is C24H31FN2O2S. The van der Waals surface area contributed by atoms with Crippen LogP contribution in [-0.2, 0) is 16.0 Å². The van der Waals surface area contributed by atoms with E-state index in [-0.39, 0.29) is 36.1 Å². The van der Waals surface area contributed by atoms with Crippen molar-refractivity contribution in [2.75, 3.05) is 19.6 Å². The molecule has 2 amide bonds. The van der Waals surface area contributed by atoms with Gasteiger partial charge in [0.25, 0.3) is 0 Å². The summed E-state index contributed by atoms with van der Waals surface area (Å²) >= 11 is 1.70. The van der Waals surface area contributed by atoms with Crippen LogP contribution < -0.4 is 0 Å². The maximum Gasteiger partial charge on any atom is 0.242 e. The summed E-state index contributed by atoms with van der Waals surface area (Å²) in [5.41, 5.74) is 2.01. The number of halogens is 1. The molecule has 6 heteroatoms. The number of carbonyl (C=O) groups excluding carboxylic acids is 2. The van der Waals surface area contributed by atoms with Crippen molar-refractivity contribution in [1.82, 2.24) is 9.80 Å². The lowest BCUT2D eigenvalue weighted by atomic mass is 9.93. The van der Waals surface area contributed by atoms with Crippen molar-refractivity contribution in [2.45, 2.75) is 52.5 Å². The molecule has 0 radical (unpaired) electrons. The average molecular weight is 431 g/mol. The van der Waals surface area contributed by atoms with Gasteiger partial charge in [-0.1, -0.05) is 39.3 Å². The van der Waals surface area contributed by atoms with Crippen molar-refractivity contribution in [3.63, 3.8) is 0 Å². The van der Waals surface area contributed by atoms with E-state index in [9.17, 15) is 14.0 Å². The van der Waals surface area contributed by atoms with E-state index >= 15 is 0 Å². The Morgan fingerprint density at radius 1 is 1.23 bits per heavy atom. The number of nitrogens with zero attached hydrogens (tertiary/aromatic N) is 2. The van der Waals surface area contributed by atoms with Crippen molar-refractivity contribution >= 4 is 23.2 Å². The van der Waals surface area contributed by atoms with Crippen molar-refractivity contribution in [2.24, 2.45) is 5.92 Å². The second-order valence-corrected chi connectivity index (χ2v) is 9.36. The number of rotatable bonds is 8. The molecule has 0 saturated heterocycles. The summed E-state index contributed by atoms with van der Waals surface area (Å²) in [7, 11) is 0. The fraction of sp³-hybridized carbons (Fsp3) is 0.500. The van der Waals surface area contributed by atoms with Gasteiger partial charge in [-0.2, -0.15) is 0 Å². The second kappa shape index (κ2) is 10.2. The van der Waals surface area contributed by atoms with Crippen molar-refractivity contribution in [1.29, 1.82) is 0 Å². The first kappa shape index (κ1) is 22.5. The quantitative estimate of drug-likeness (QED) is 0.589. The molecule has 1 atom stereocenters. The molecular weight excluding hydrogens is 399 g/mol. The van der Waals surface area contributed by atoms with Crippen LogP contribution in [0.2, 0.25) is 0 Å². The highest BCUT2D eigenvalue weighted by Crippen LogP contribution is 2.37. The molecule has 1 aromatic carbocycles. The summed E-state index contributed by atoms with van der Waals surface area (Å²) < 4.78 is 13.5. The summed E-state index contributed by atoms with van der Waals surface area (Å²) in [4.78, 5) is 31.0. The summed E-state index contributed by atoms with van der Waals surface area (Å²) in [6.07, 6.45) is 3.12. The standard InChI is InChI=1S/C24H31FN2O2S/c1-4-5-12-26(22(28)15-17(2)3)16-23(29)27-13-10-21-20(11-14-30-21)24(27)18-6-8-19(25)9-7-18/h6-9,11,14,17,24H,4-5,10,12-13,15-16H2,1-3H3. The summed E-state index contributed by atoms with van der Waals surface area (Å²) in [6, 6.07) is 8.22. The third kappa shape index (κ3) is 5.28. The van der Waals surface area contributed by atoms with Gasteiger partial charge in [-0.05, 0) is 53.5 Å². The van der Waals surface area contributed by atoms with Crippen LogP contribution in [0, 0.1) is 11.7 Å². The molecule has 2 aromatic rings. The molecule has 0 bridgehead atoms. The second-order valence-electron chi connectivity index (χ2n) is 8.36. The maximum absolute atomic E-state index is 13.5. The predicted molar refractivity (Wildman–Crippen MR) is 119 cm³/mol. The summed E-state index contributed by atoms with van der Waals surface area (Å²) in [5, 5.41) is 2.05. The Balaban J connectivity index is 1.84. The van der Waals surface area contributed by atoms with Crippen molar-refractivity contribution in [3.8, 4) is 0 Å². The highest BCUT2D eigenvalue weighted by Gasteiger charge is 2.34. The Morgan fingerprint density at radius 2 is 1.97 bits per heavy atom. The molecule has 0 fully saturated rings. The first-order chi connectivity index (χ1) is 14.4. The van der Waals surface area contributed by atoms with Gasteiger partial charge in [0.15, 0.2) is 0 Å². The van der Waals surface area contributed by atoms with Crippen LogP contribution in [0.25, 0.3) is 0 Å². The molecule has 0 N–H and O–H groups in total. The van der Waals surface area contributed by atoms with Gasteiger partial charge in [0.2, 0.25) is 11.8 Å². The lowest BCUT2D eigenvalue weighted by Gasteiger charge is -2.37. The number of amides is 2. The number of benzene rings is 1. The number of thiophene rings is 1. The lowest BCUT2D eigenvalue weighted by molar-refractivity contribution is -0.142. The highest BCUT2D eigenvalue weighted by atomic mass is 32.1. The Labute approximate surface area is 182 Å². The molecule has 1 aliphatic rings. The fourth-order valence-electron chi connectivity index (χ4n) is 3.96. The normalized spacial score (nSPS) is 15.9. The van der Waals surface area contributed by atoms with Gasteiger partial charge in [0.05, 0.1) is 12.6 Å². The monoisotopic (exact) mass is 430 g/mol. The molecule has 0 saturated carbocycles. The highest BCUT2D eigenvalue weighted by molar-refractivity contribution is 7.10. The number of fused-ring (bicyclic) bond motifs is 1. The Bertz CT molecular complexity index is 862. The van der Waals surface area contributed by atoms with E-state index < -0.39 is 0 Å². The van der Waals surface area contributed by atoms with Gasteiger partial charge in [-0.15, -0.1) is 11.3 Å².